The van der Waals surface area contributed by atoms with Gasteiger partial charge in [-0.25, -0.2) is 0 Å². The van der Waals surface area contributed by atoms with Gasteiger partial charge in [0.05, 0.1) is 4.92 Å². The third kappa shape index (κ3) is 4.75. The maximum absolute atomic E-state index is 11.6. The summed E-state index contributed by atoms with van der Waals surface area (Å²) < 4.78 is 16.8. The van der Waals surface area contributed by atoms with E-state index in [0.29, 0.717) is 36.9 Å². The van der Waals surface area contributed by atoms with Gasteiger partial charge in [0.2, 0.25) is 17.6 Å². The fraction of sp³-hybridized carbons (Fsp3) is 0.429. The van der Waals surface area contributed by atoms with E-state index in [0.717, 1.165) is 12.8 Å². The van der Waals surface area contributed by atoms with Crippen molar-refractivity contribution >= 4 is 17.4 Å². The highest BCUT2D eigenvalue weighted by Gasteiger charge is 2.46. The average Bonchev–Trinajstić information content (AvgIpc) is 3.53. The predicted molar refractivity (Wildman–Crippen MR) is 111 cm³/mol. The Morgan fingerprint density at radius 1 is 1.26 bits per heavy atom. The largest absolute Gasteiger partial charge is 0.439 e. The molecule has 0 spiro atoms. The maximum atomic E-state index is 11.6. The molecule has 31 heavy (non-hydrogen) atoms. The summed E-state index contributed by atoms with van der Waals surface area (Å²) in [4.78, 5) is 28.6. The van der Waals surface area contributed by atoms with Crippen LogP contribution in [-0.4, -0.2) is 47.9 Å². The number of anilines is 1. The molecule has 2 saturated heterocycles. The van der Waals surface area contributed by atoms with E-state index >= 15 is 0 Å². The highest BCUT2D eigenvalue weighted by molar-refractivity contribution is 5.92. The van der Waals surface area contributed by atoms with E-state index in [1.165, 1.54) is 12.1 Å². The van der Waals surface area contributed by atoms with Gasteiger partial charge in [-0.05, 0) is 49.9 Å². The number of pyridine rings is 1. The molecule has 2 unspecified atom stereocenters. The Balaban J connectivity index is 1.46. The third-order valence-electron chi connectivity index (χ3n) is 5.50. The molecule has 2 fully saturated rings. The van der Waals surface area contributed by atoms with Gasteiger partial charge in [0.15, 0.2) is 6.29 Å². The number of rotatable bonds is 8. The molecule has 2 atom stereocenters. The van der Waals surface area contributed by atoms with Crippen LogP contribution in [0.5, 0.6) is 11.6 Å². The van der Waals surface area contributed by atoms with E-state index in [1.807, 2.05) is 11.8 Å². The minimum atomic E-state index is -0.533. The lowest BCUT2D eigenvalue weighted by atomic mass is 9.93. The highest BCUT2D eigenvalue weighted by Crippen LogP contribution is 2.39. The Kier molecular flexibility index (Phi) is 6.01. The van der Waals surface area contributed by atoms with E-state index in [4.69, 9.17) is 19.9 Å². The maximum Gasteiger partial charge on any atom is 0.311 e. The average molecular weight is 428 g/mol. The van der Waals surface area contributed by atoms with E-state index in [1.54, 1.807) is 24.3 Å². The number of primary amides is 1. The van der Waals surface area contributed by atoms with Crippen molar-refractivity contribution in [2.45, 2.75) is 32.2 Å². The Labute approximate surface area is 179 Å². The standard InChI is InChI=1S/C21H24N4O6/c1-2-29-21-18(31-21)13-9-11-24(12-10-13)20-16(25(27)28)7-8-17(23-20)30-15-5-3-14(4-6-15)19(22)26/h3-8,13,18,21H,2,9-12H2,1H3,(H2,22,26). The SMILES string of the molecule is CCOC1OC1C1CCN(c2nc(Oc3ccc(C(N)=O)cc3)ccc2[N+](=O)[O-])CC1. The van der Waals surface area contributed by atoms with E-state index in [9.17, 15) is 14.9 Å². The highest BCUT2D eigenvalue weighted by atomic mass is 16.8. The van der Waals surface area contributed by atoms with Crippen molar-refractivity contribution in [1.29, 1.82) is 0 Å². The van der Waals surface area contributed by atoms with Gasteiger partial charge in [-0.3, -0.25) is 14.9 Å². The van der Waals surface area contributed by atoms with Crippen molar-refractivity contribution in [2.75, 3.05) is 24.6 Å². The molecule has 2 aliphatic rings. The number of nitrogens with zero attached hydrogens (tertiary/aromatic N) is 3. The fourth-order valence-corrected chi connectivity index (χ4v) is 3.84. The van der Waals surface area contributed by atoms with Crippen LogP contribution >= 0.6 is 0 Å². The number of hydrogen-bond donors (Lipinski definition) is 1. The summed E-state index contributed by atoms with van der Waals surface area (Å²) in [7, 11) is 0. The van der Waals surface area contributed by atoms with Crippen LogP contribution in [0.25, 0.3) is 0 Å². The molecule has 2 aliphatic heterocycles. The molecule has 1 aromatic heterocycles. The fourth-order valence-electron chi connectivity index (χ4n) is 3.84. The number of carbonyl (C=O) groups is 1. The number of piperidine rings is 1. The third-order valence-corrected chi connectivity index (χ3v) is 5.50. The molecule has 1 aromatic carbocycles. The summed E-state index contributed by atoms with van der Waals surface area (Å²) in [6.45, 7) is 3.82. The van der Waals surface area contributed by atoms with Crippen molar-refractivity contribution in [2.24, 2.45) is 11.7 Å². The molecule has 4 rings (SSSR count). The molecule has 10 heteroatoms. The van der Waals surface area contributed by atoms with Crippen molar-refractivity contribution in [3.63, 3.8) is 0 Å². The van der Waals surface area contributed by atoms with Crippen LogP contribution in [0.3, 0.4) is 0 Å². The molecule has 1 amide bonds. The molecular weight excluding hydrogens is 404 g/mol. The summed E-state index contributed by atoms with van der Waals surface area (Å²) in [6.07, 6.45) is 1.68. The molecule has 164 valence electrons. The van der Waals surface area contributed by atoms with Gasteiger partial charge in [-0.2, -0.15) is 4.98 Å². The zero-order chi connectivity index (χ0) is 22.0. The molecule has 0 bridgehead atoms. The molecule has 0 aliphatic carbocycles. The zero-order valence-electron chi connectivity index (χ0n) is 17.1. The van der Waals surface area contributed by atoms with Crippen molar-refractivity contribution in [3.05, 3.63) is 52.1 Å². The molecule has 0 saturated carbocycles. The second-order valence-corrected chi connectivity index (χ2v) is 7.49. The van der Waals surface area contributed by atoms with Crippen LogP contribution in [-0.2, 0) is 9.47 Å². The monoisotopic (exact) mass is 428 g/mol. The molecule has 3 heterocycles. The quantitative estimate of drug-likeness (QED) is 0.385. The second-order valence-electron chi connectivity index (χ2n) is 7.49. The zero-order valence-corrected chi connectivity index (χ0v) is 17.1. The minimum absolute atomic E-state index is 0.0651. The second kappa shape index (κ2) is 8.86. The number of aromatic nitrogens is 1. The first-order chi connectivity index (χ1) is 15.0. The van der Waals surface area contributed by atoms with Gasteiger partial charge >= 0.3 is 5.69 Å². The smallest absolute Gasteiger partial charge is 0.311 e. The summed E-state index contributed by atoms with van der Waals surface area (Å²) in [5, 5.41) is 11.6. The minimum Gasteiger partial charge on any atom is -0.439 e. The Morgan fingerprint density at radius 3 is 2.58 bits per heavy atom. The topological polar surface area (TPSA) is 133 Å². The first-order valence-corrected chi connectivity index (χ1v) is 10.2. The van der Waals surface area contributed by atoms with Crippen molar-refractivity contribution in [1.82, 2.24) is 4.98 Å². The molecule has 10 nitrogen and oxygen atoms in total. The van der Waals surface area contributed by atoms with Crippen LogP contribution in [0.15, 0.2) is 36.4 Å². The number of amides is 1. The summed E-state index contributed by atoms with van der Waals surface area (Å²) in [5.74, 6) is 0.804. The molecule has 2 N–H and O–H groups in total. The van der Waals surface area contributed by atoms with Crippen LogP contribution in [0.1, 0.15) is 30.1 Å². The number of hydrogen-bond acceptors (Lipinski definition) is 8. The lowest BCUT2D eigenvalue weighted by molar-refractivity contribution is -0.384. The predicted octanol–water partition coefficient (Wildman–Crippen LogP) is 2.86. The Morgan fingerprint density at radius 2 is 1.97 bits per heavy atom. The first kappa shape index (κ1) is 21.0. The van der Waals surface area contributed by atoms with Crippen LogP contribution in [0.2, 0.25) is 0 Å². The number of nitrogens with two attached hydrogens (primary N) is 1. The normalized spacial score (nSPS) is 21.0. The number of carbonyl (C=O) groups excluding carboxylic acids is 1. The van der Waals surface area contributed by atoms with Crippen molar-refractivity contribution < 1.29 is 23.9 Å². The summed E-state index contributed by atoms with van der Waals surface area (Å²) >= 11 is 0. The Bertz CT molecular complexity index is 959. The molecule has 2 aromatic rings. The lowest BCUT2D eigenvalue weighted by Gasteiger charge is -2.31. The first-order valence-electron chi connectivity index (χ1n) is 10.2. The van der Waals surface area contributed by atoms with Gasteiger partial charge in [0.1, 0.15) is 11.9 Å². The summed E-state index contributed by atoms with van der Waals surface area (Å²) in [6, 6.07) is 9.14. The number of epoxide rings is 1. The number of benzene rings is 1. The van der Waals surface area contributed by atoms with Gasteiger partial charge in [0, 0.05) is 37.4 Å². The lowest BCUT2D eigenvalue weighted by Crippen LogP contribution is -2.36. The van der Waals surface area contributed by atoms with Gasteiger partial charge in [-0.1, -0.05) is 0 Å². The van der Waals surface area contributed by atoms with E-state index < -0.39 is 10.8 Å². The number of ether oxygens (including phenoxy) is 3. The van der Waals surface area contributed by atoms with Gasteiger partial charge in [-0.15, -0.1) is 0 Å². The van der Waals surface area contributed by atoms with Crippen LogP contribution in [0.4, 0.5) is 11.5 Å². The van der Waals surface area contributed by atoms with Gasteiger partial charge < -0.3 is 24.8 Å². The van der Waals surface area contributed by atoms with E-state index in [-0.39, 0.29) is 29.8 Å². The Hall–Kier alpha value is -3.24. The molecule has 0 radical (unpaired) electrons. The van der Waals surface area contributed by atoms with Gasteiger partial charge in [0.25, 0.3) is 0 Å². The number of nitro groups is 1. The molecular formula is C21H24N4O6. The van der Waals surface area contributed by atoms with E-state index in [2.05, 4.69) is 4.98 Å². The van der Waals surface area contributed by atoms with Crippen LogP contribution in [0, 0.1) is 16.0 Å². The summed E-state index contributed by atoms with van der Waals surface area (Å²) in [5.41, 5.74) is 5.54. The van der Waals surface area contributed by atoms with Crippen molar-refractivity contribution in [3.8, 4) is 11.6 Å². The van der Waals surface area contributed by atoms with Crippen LogP contribution < -0.4 is 15.4 Å².